The highest BCUT2D eigenvalue weighted by Gasteiger charge is 2.14. The van der Waals surface area contributed by atoms with Crippen molar-refractivity contribution in [1.29, 1.82) is 5.26 Å². The predicted molar refractivity (Wildman–Crippen MR) is 51.0 cm³/mol. The number of hydrogen-bond acceptors (Lipinski definition) is 4. The van der Waals surface area contributed by atoms with Crippen LogP contribution in [0, 0.1) is 11.3 Å². The first-order valence-corrected chi connectivity index (χ1v) is 3.91. The Balaban J connectivity index is 3.36. The second kappa shape index (κ2) is 4.15. The second-order valence-corrected chi connectivity index (χ2v) is 2.69. The van der Waals surface area contributed by atoms with Crippen LogP contribution in [0.1, 0.15) is 5.56 Å². The number of carboxylic acids is 1. The van der Waals surface area contributed by atoms with Crippen molar-refractivity contribution in [3.63, 3.8) is 0 Å². The van der Waals surface area contributed by atoms with Crippen LogP contribution in [0.4, 0.5) is 0 Å². The Bertz CT molecular complexity index is 471. The van der Waals surface area contributed by atoms with Crippen LogP contribution in [0.3, 0.4) is 0 Å². The number of aliphatic carboxylic acids is 1. The fourth-order valence-corrected chi connectivity index (χ4v) is 1.06. The Morgan fingerprint density at radius 2 is 2.07 bits per heavy atom. The lowest BCUT2D eigenvalue weighted by atomic mass is 10.0. The maximum absolute atomic E-state index is 10.7. The molecule has 1 aromatic carbocycles. The molecular formula is C10H7NO4. The van der Waals surface area contributed by atoms with Crippen LogP contribution in [0.15, 0.2) is 24.3 Å². The van der Waals surface area contributed by atoms with Crippen molar-refractivity contribution in [2.75, 3.05) is 0 Å². The predicted octanol–water partition coefficient (Wildman–Crippen LogP) is 1.09. The van der Waals surface area contributed by atoms with Gasteiger partial charge in [-0.25, -0.2) is 4.79 Å². The average molecular weight is 205 g/mol. The topological polar surface area (TPSA) is 102 Å². The Kier molecular flexibility index (Phi) is 2.94. The molecule has 0 unspecified atom stereocenters. The van der Waals surface area contributed by atoms with Gasteiger partial charge in [-0.1, -0.05) is 0 Å². The van der Waals surface area contributed by atoms with Gasteiger partial charge in [0.15, 0.2) is 0 Å². The number of rotatable bonds is 2. The molecule has 0 spiro atoms. The summed E-state index contributed by atoms with van der Waals surface area (Å²) in [6, 6.07) is 5.00. The van der Waals surface area contributed by atoms with E-state index in [-0.39, 0.29) is 22.6 Å². The van der Waals surface area contributed by atoms with E-state index in [2.05, 4.69) is 0 Å². The quantitative estimate of drug-likeness (QED) is 0.381. The van der Waals surface area contributed by atoms with Crippen LogP contribution in [0.2, 0.25) is 0 Å². The number of benzene rings is 1. The molecule has 0 aliphatic rings. The monoisotopic (exact) mass is 205 g/mol. The summed E-state index contributed by atoms with van der Waals surface area (Å²) in [5.74, 6) is -1.85. The van der Waals surface area contributed by atoms with Gasteiger partial charge in [-0.2, -0.15) is 5.26 Å². The molecule has 0 aromatic heterocycles. The van der Waals surface area contributed by atoms with Crippen LogP contribution >= 0.6 is 0 Å². The van der Waals surface area contributed by atoms with E-state index in [1.165, 1.54) is 6.07 Å². The van der Waals surface area contributed by atoms with Crippen molar-refractivity contribution in [3.05, 3.63) is 29.8 Å². The van der Waals surface area contributed by atoms with E-state index < -0.39 is 5.97 Å². The summed E-state index contributed by atoms with van der Waals surface area (Å²) in [5, 5.41) is 35.6. The summed E-state index contributed by atoms with van der Waals surface area (Å²) in [4.78, 5) is 10.7. The number of allylic oxidation sites excluding steroid dienone is 1. The fourth-order valence-electron chi connectivity index (χ4n) is 1.06. The second-order valence-electron chi connectivity index (χ2n) is 2.69. The summed E-state index contributed by atoms with van der Waals surface area (Å²) in [5.41, 5.74) is -0.463. The Morgan fingerprint density at radius 3 is 2.60 bits per heavy atom. The molecule has 3 N–H and O–H groups in total. The minimum atomic E-state index is -1.35. The highest BCUT2D eigenvalue weighted by molar-refractivity contribution is 6.16. The number of nitrogens with zero attached hydrogens (tertiary/aromatic N) is 1. The molecule has 0 amide bonds. The van der Waals surface area contributed by atoms with E-state index in [0.717, 1.165) is 18.2 Å². The molecule has 0 atom stereocenters. The zero-order valence-corrected chi connectivity index (χ0v) is 7.51. The first kappa shape index (κ1) is 10.6. The van der Waals surface area contributed by atoms with Gasteiger partial charge in [0.25, 0.3) is 0 Å². The molecule has 0 heterocycles. The number of hydrogen-bond donors (Lipinski definition) is 3. The number of nitriles is 1. The summed E-state index contributed by atoms with van der Waals surface area (Å²) in [6.45, 7) is 0. The highest BCUT2D eigenvalue weighted by Crippen LogP contribution is 2.28. The van der Waals surface area contributed by atoms with Gasteiger partial charge in [-0.05, 0) is 18.2 Å². The number of aromatic hydroxyl groups is 2. The van der Waals surface area contributed by atoms with E-state index in [0.29, 0.717) is 0 Å². The molecule has 0 aliphatic heterocycles. The van der Waals surface area contributed by atoms with E-state index in [1.807, 2.05) is 0 Å². The molecule has 5 heteroatoms. The number of carboxylic acid groups (broad SMARTS) is 1. The third-order valence-corrected chi connectivity index (χ3v) is 1.71. The molecule has 1 rings (SSSR count). The summed E-state index contributed by atoms with van der Waals surface area (Å²) >= 11 is 0. The van der Waals surface area contributed by atoms with Crippen molar-refractivity contribution in [2.45, 2.75) is 0 Å². The first-order chi connectivity index (χ1) is 7.06. The van der Waals surface area contributed by atoms with Crippen molar-refractivity contribution in [1.82, 2.24) is 0 Å². The van der Waals surface area contributed by atoms with Crippen molar-refractivity contribution >= 4 is 11.5 Å². The van der Waals surface area contributed by atoms with E-state index in [4.69, 9.17) is 15.5 Å². The van der Waals surface area contributed by atoms with Crippen molar-refractivity contribution in [3.8, 4) is 17.6 Å². The highest BCUT2D eigenvalue weighted by atomic mass is 16.4. The Labute approximate surface area is 85.1 Å². The first-order valence-electron chi connectivity index (χ1n) is 3.91. The van der Waals surface area contributed by atoms with Gasteiger partial charge in [0.2, 0.25) is 0 Å². The van der Waals surface area contributed by atoms with Crippen molar-refractivity contribution < 1.29 is 20.1 Å². The van der Waals surface area contributed by atoms with Crippen LogP contribution in [-0.2, 0) is 4.79 Å². The normalized spacial score (nSPS) is 10.7. The summed E-state index contributed by atoms with van der Waals surface area (Å²) < 4.78 is 0. The lowest BCUT2D eigenvalue weighted by Gasteiger charge is -2.04. The van der Waals surface area contributed by atoms with Gasteiger partial charge < -0.3 is 15.3 Å². The molecule has 0 aliphatic carbocycles. The minimum Gasteiger partial charge on any atom is -0.508 e. The third kappa shape index (κ3) is 2.25. The van der Waals surface area contributed by atoms with Gasteiger partial charge in [0.05, 0.1) is 11.6 Å². The van der Waals surface area contributed by atoms with Crippen LogP contribution in [0.5, 0.6) is 11.5 Å². The van der Waals surface area contributed by atoms with Gasteiger partial charge in [-0.15, -0.1) is 0 Å². The largest absolute Gasteiger partial charge is 0.508 e. The molecule has 0 saturated carbocycles. The lowest BCUT2D eigenvalue weighted by molar-refractivity contribution is -0.130. The van der Waals surface area contributed by atoms with Gasteiger partial charge in [0, 0.05) is 11.6 Å². The number of phenols is 2. The Hall–Kier alpha value is -2.48. The van der Waals surface area contributed by atoms with Crippen LogP contribution < -0.4 is 0 Å². The minimum absolute atomic E-state index is 0.0935. The van der Waals surface area contributed by atoms with E-state index in [1.54, 1.807) is 6.07 Å². The molecule has 76 valence electrons. The molecule has 0 saturated heterocycles. The SMILES string of the molecule is N#CC=C(C(=O)O)c1cc(O)ccc1O. The summed E-state index contributed by atoms with van der Waals surface area (Å²) in [6.07, 6.45) is 0.789. The Morgan fingerprint density at radius 1 is 1.40 bits per heavy atom. The molecule has 0 bridgehead atoms. The molecule has 5 nitrogen and oxygen atoms in total. The number of phenolic OH excluding ortho intramolecular Hbond substituents is 2. The molecule has 15 heavy (non-hydrogen) atoms. The zero-order valence-electron chi connectivity index (χ0n) is 7.51. The van der Waals surface area contributed by atoms with E-state index >= 15 is 0 Å². The maximum Gasteiger partial charge on any atom is 0.337 e. The van der Waals surface area contributed by atoms with Crippen LogP contribution in [-0.4, -0.2) is 21.3 Å². The van der Waals surface area contributed by atoms with Gasteiger partial charge >= 0.3 is 5.97 Å². The van der Waals surface area contributed by atoms with Crippen molar-refractivity contribution in [2.24, 2.45) is 0 Å². The average Bonchev–Trinajstić information content (AvgIpc) is 2.18. The standard InChI is InChI=1S/C10H7NO4/c11-4-3-7(10(14)15)8-5-6(12)1-2-9(8)13/h1-3,5,12-13H,(H,14,15). The molecule has 1 aromatic rings. The molecule has 0 radical (unpaired) electrons. The van der Waals surface area contributed by atoms with Gasteiger partial charge in [0.1, 0.15) is 11.5 Å². The molecular weight excluding hydrogens is 198 g/mol. The lowest BCUT2D eigenvalue weighted by Crippen LogP contribution is -1.99. The number of carbonyl (C=O) groups is 1. The maximum atomic E-state index is 10.7. The van der Waals surface area contributed by atoms with Gasteiger partial charge in [-0.3, -0.25) is 0 Å². The third-order valence-electron chi connectivity index (χ3n) is 1.71. The zero-order chi connectivity index (χ0) is 11.4. The smallest absolute Gasteiger partial charge is 0.337 e. The molecule has 0 fully saturated rings. The summed E-state index contributed by atoms with van der Waals surface area (Å²) in [7, 11) is 0. The van der Waals surface area contributed by atoms with E-state index in [9.17, 15) is 9.90 Å². The fraction of sp³-hybridized carbons (Fsp3) is 0. The van der Waals surface area contributed by atoms with Crippen LogP contribution in [0.25, 0.3) is 5.57 Å².